The number of rotatable bonds is 4. The van der Waals surface area contributed by atoms with Gasteiger partial charge in [-0.15, -0.1) is 5.10 Å². The van der Waals surface area contributed by atoms with Crippen LogP contribution < -0.4 is 10.1 Å². The highest BCUT2D eigenvalue weighted by Gasteiger charge is 2.06. The Labute approximate surface area is 109 Å². The molecule has 1 heterocycles. The zero-order valence-corrected chi connectivity index (χ0v) is 10.2. The molecular formula is C12H11N5O2. The summed E-state index contributed by atoms with van der Waals surface area (Å²) in [4.78, 5) is 15.5. The van der Waals surface area contributed by atoms with Crippen LogP contribution in [0.5, 0.6) is 5.75 Å². The van der Waals surface area contributed by atoms with Gasteiger partial charge in [0, 0.05) is 11.8 Å². The second-order valence-electron chi connectivity index (χ2n) is 3.66. The van der Waals surface area contributed by atoms with Gasteiger partial charge in [0.2, 0.25) is 5.91 Å². The molecule has 0 saturated heterocycles. The number of hydrogen-bond donors (Lipinski definition) is 1. The molecule has 1 amide bonds. The summed E-state index contributed by atoms with van der Waals surface area (Å²) in [5.41, 5.74) is 0.630. The Bertz CT molecular complexity index is 629. The summed E-state index contributed by atoms with van der Waals surface area (Å²) in [6.07, 6.45) is 1.34. The van der Waals surface area contributed by atoms with Crippen LogP contribution in [0, 0.1) is 11.3 Å². The van der Waals surface area contributed by atoms with Crippen molar-refractivity contribution in [2.45, 2.75) is 6.54 Å². The van der Waals surface area contributed by atoms with Crippen LogP contribution in [0.3, 0.4) is 0 Å². The maximum absolute atomic E-state index is 11.8. The summed E-state index contributed by atoms with van der Waals surface area (Å²) in [7, 11) is 1.56. The van der Waals surface area contributed by atoms with E-state index >= 15 is 0 Å². The van der Waals surface area contributed by atoms with E-state index in [-0.39, 0.29) is 18.3 Å². The Morgan fingerprint density at radius 2 is 2.42 bits per heavy atom. The average Bonchev–Trinajstić information content (AvgIpc) is 2.86. The molecule has 0 atom stereocenters. The average molecular weight is 257 g/mol. The Kier molecular flexibility index (Phi) is 3.73. The molecule has 19 heavy (non-hydrogen) atoms. The van der Waals surface area contributed by atoms with Crippen molar-refractivity contribution in [3.05, 3.63) is 36.4 Å². The lowest BCUT2D eigenvalue weighted by molar-refractivity contribution is -0.116. The molecule has 1 N–H and O–H groups in total. The summed E-state index contributed by atoms with van der Waals surface area (Å²) in [5.74, 6) is 0.433. The number of anilines is 1. The van der Waals surface area contributed by atoms with Crippen LogP contribution in [0.25, 0.3) is 0 Å². The lowest BCUT2D eigenvalue weighted by Crippen LogP contribution is -2.19. The fourth-order valence-electron chi connectivity index (χ4n) is 1.47. The molecule has 0 spiro atoms. The number of amides is 1. The van der Waals surface area contributed by atoms with Crippen LogP contribution in [0.1, 0.15) is 5.82 Å². The van der Waals surface area contributed by atoms with Crippen LogP contribution in [-0.4, -0.2) is 27.8 Å². The molecule has 0 bridgehead atoms. The number of nitrogens with one attached hydrogen (secondary N) is 1. The van der Waals surface area contributed by atoms with Gasteiger partial charge in [-0.2, -0.15) is 5.26 Å². The van der Waals surface area contributed by atoms with Crippen molar-refractivity contribution < 1.29 is 9.53 Å². The third-order valence-corrected chi connectivity index (χ3v) is 2.30. The molecular weight excluding hydrogens is 246 g/mol. The van der Waals surface area contributed by atoms with Gasteiger partial charge >= 0.3 is 0 Å². The number of benzene rings is 1. The molecule has 0 unspecified atom stereocenters. The van der Waals surface area contributed by atoms with Crippen molar-refractivity contribution in [1.29, 1.82) is 5.26 Å². The molecule has 0 aliphatic heterocycles. The summed E-state index contributed by atoms with van der Waals surface area (Å²) < 4.78 is 6.36. The SMILES string of the molecule is COc1cccc(NC(=O)Cn2cnc(C#N)n2)c1. The van der Waals surface area contributed by atoms with Crippen molar-refractivity contribution in [2.24, 2.45) is 0 Å². The first-order chi connectivity index (χ1) is 9.21. The van der Waals surface area contributed by atoms with Crippen molar-refractivity contribution in [1.82, 2.24) is 14.8 Å². The maximum atomic E-state index is 11.8. The van der Waals surface area contributed by atoms with Gasteiger partial charge in [-0.25, -0.2) is 9.67 Å². The van der Waals surface area contributed by atoms with E-state index in [1.54, 1.807) is 37.4 Å². The molecule has 0 radical (unpaired) electrons. The van der Waals surface area contributed by atoms with E-state index in [0.29, 0.717) is 11.4 Å². The first-order valence-electron chi connectivity index (χ1n) is 5.44. The van der Waals surface area contributed by atoms with E-state index in [1.807, 2.05) is 0 Å². The summed E-state index contributed by atoms with van der Waals surface area (Å²) >= 11 is 0. The van der Waals surface area contributed by atoms with Crippen molar-refractivity contribution in [3.63, 3.8) is 0 Å². The van der Waals surface area contributed by atoms with Crippen LogP contribution in [0.4, 0.5) is 5.69 Å². The standard InChI is InChI=1S/C12H11N5O2/c1-19-10-4-2-3-9(5-10)15-12(18)7-17-8-14-11(6-13)16-17/h2-5,8H,7H2,1H3,(H,15,18). The highest BCUT2D eigenvalue weighted by molar-refractivity contribution is 5.90. The molecule has 0 aliphatic carbocycles. The number of carbonyl (C=O) groups excluding carboxylic acids is 1. The Morgan fingerprint density at radius 3 is 3.11 bits per heavy atom. The molecule has 2 aromatic rings. The molecule has 0 saturated carbocycles. The van der Waals surface area contributed by atoms with Crippen LogP contribution >= 0.6 is 0 Å². The van der Waals surface area contributed by atoms with Gasteiger partial charge in [-0.3, -0.25) is 4.79 Å². The Morgan fingerprint density at radius 1 is 1.58 bits per heavy atom. The highest BCUT2D eigenvalue weighted by atomic mass is 16.5. The molecule has 96 valence electrons. The minimum atomic E-state index is -0.261. The van der Waals surface area contributed by atoms with E-state index in [0.717, 1.165) is 0 Å². The molecule has 0 aliphatic rings. The van der Waals surface area contributed by atoms with E-state index in [2.05, 4.69) is 15.4 Å². The third-order valence-electron chi connectivity index (χ3n) is 2.30. The smallest absolute Gasteiger partial charge is 0.252 e. The van der Waals surface area contributed by atoms with Crippen molar-refractivity contribution in [3.8, 4) is 11.8 Å². The zero-order valence-electron chi connectivity index (χ0n) is 10.2. The fraction of sp³-hybridized carbons (Fsp3) is 0.167. The predicted octanol–water partition coefficient (Wildman–Crippen LogP) is 0.797. The van der Waals surface area contributed by atoms with E-state index in [4.69, 9.17) is 10.00 Å². The van der Waals surface area contributed by atoms with Crippen molar-refractivity contribution in [2.75, 3.05) is 12.4 Å². The number of ether oxygens (including phenoxy) is 1. The second-order valence-corrected chi connectivity index (χ2v) is 3.66. The summed E-state index contributed by atoms with van der Waals surface area (Å²) in [6.45, 7) is -0.00805. The zero-order chi connectivity index (χ0) is 13.7. The van der Waals surface area contributed by atoms with E-state index in [9.17, 15) is 4.79 Å². The number of hydrogen-bond acceptors (Lipinski definition) is 5. The van der Waals surface area contributed by atoms with Gasteiger partial charge < -0.3 is 10.1 Å². The number of methoxy groups -OCH3 is 1. The lowest BCUT2D eigenvalue weighted by Gasteiger charge is -2.06. The van der Waals surface area contributed by atoms with Gasteiger partial charge in [0.15, 0.2) is 0 Å². The quantitative estimate of drug-likeness (QED) is 0.874. The number of aromatic nitrogens is 3. The Hall–Kier alpha value is -2.88. The van der Waals surface area contributed by atoms with Crippen molar-refractivity contribution >= 4 is 11.6 Å². The molecule has 7 heteroatoms. The van der Waals surface area contributed by atoms with Gasteiger partial charge in [-0.1, -0.05) is 6.07 Å². The first-order valence-corrected chi connectivity index (χ1v) is 5.44. The number of carbonyl (C=O) groups is 1. The number of nitrogens with zero attached hydrogens (tertiary/aromatic N) is 4. The molecule has 0 fully saturated rings. The molecule has 7 nitrogen and oxygen atoms in total. The predicted molar refractivity (Wildman–Crippen MR) is 66.4 cm³/mol. The minimum absolute atomic E-state index is 0.00805. The number of nitriles is 1. The largest absolute Gasteiger partial charge is 0.497 e. The van der Waals surface area contributed by atoms with E-state index < -0.39 is 0 Å². The summed E-state index contributed by atoms with van der Waals surface area (Å²) in [6, 6.07) is 8.81. The van der Waals surface area contributed by atoms with Crippen LogP contribution in [-0.2, 0) is 11.3 Å². The fourth-order valence-corrected chi connectivity index (χ4v) is 1.47. The molecule has 2 rings (SSSR count). The minimum Gasteiger partial charge on any atom is -0.497 e. The lowest BCUT2D eigenvalue weighted by atomic mass is 10.3. The third kappa shape index (κ3) is 3.29. The van der Waals surface area contributed by atoms with Crippen LogP contribution in [0.2, 0.25) is 0 Å². The molecule has 1 aromatic heterocycles. The van der Waals surface area contributed by atoms with Gasteiger partial charge in [0.05, 0.1) is 7.11 Å². The van der Waals surface area contributed by atoms with E-state index in [1.165, 1.54) is 11.0 Å². The normalized spacial score (nSPS) is 9.68. The van der Waals surface area contributed by atoms with Crippen LogP contribution in [0.15, 0.2) is 30.6 Å². The first kappa shape index (κ1) is 12.6. The second kappa shape index (κ2) is 5.64. The monoisotopic (exact) mass is 257 g/mol. The van der Waals surface area contributed by atoms with Gasteiger partial charge in [-0.05, 0) is 12.1 Å². The van der Waals surface area contributed by atoms with Gasteiger partial charge in [0.25, 0.3) is 5.82 Å². The highest BCUT2D eigenvalue weighted by Crippen LogP contribution is 2.16. The maximum Gasteiger partial charge on any atom is 0.252 e. The van der Waals surface area contributed by atoms with Gasteiger partial charge in [0.1, 0.15) is 24.7 Å². The Balaban J connectivity index is 1.99. The topological polar surface area (TPSA) is 92.8 Å². The summed E-state index contributed by atoms with van der Waals surface area (Å²) in [5, 5.41) is 15.1. The molecule has 1 aromatic carbocycles.